The summed E-state index contributed by atoms with van der Waals surface area (Å²) in [5, 5.41) is 3.28. The van der Waals surface area contributed by atoms with E-state index >= 15 is 0 Å². The fraction of sp³-hybridized carbons (Fsp3) is 0.120. The molecular formula is C25H22N2O4S. The van der Waals surface area contributed by atoms with Crippen molar-refractivity contribution >= 4 is 23.4 Å². The first-order valence-corrected chi connectivity index (χ1v) is 10.9. The maximum absolute atomic E-state index is 12.6. The highest BCUT2D eigenvalue weighted by atomic mass is 32.2. The van der Waals surface area contributed by atoms with Crippen molar-refractivity contribution in [1.29, 1.82) is 0 Å². The molecule has 0 saturated heterocycles. The summed E-state index contributed by atoms with van der Waals surface area (Å²) in [7, 11) is 3.12. The average molecular weight is 447 g/mol. The van der Waals surface area contributed by atoms with E-state index in [4.69, 9.17) is 13.9 Å². The van der Waals surface area contributed by atoms with Crippen molar-refractivity contribution in [3.63, 3.8) is 0 Å². The lowest BCUT2D eigenvalue weighted by Gasteiger charge is -2.11. The summed E-state index contributed by atoms with van der Waals surface area (Å²) in [6, 6.07) is 24.9. The van der Waals surface area contributed by atoms with Gasteiger partial charge in [0.2, 0.25) is 5.91 Å². The largest absolute Gasteiger partial charge is 0.497 e. The Hall–Kier alpha value is -3.71. The molecule has 0 aliphatic carbocycles. The average Bonchev–Trinajstić information content (AvgIpc) is 3.28. The molecular weight excluding hydrogens is 424 g/mol. The third-order valence-corrected chi connectivity index (χ3v) is 5.53. The van der Waals surface area contributed by atoms with E-state index in [0.717, 1.165) is 16.8 Å². The summed E-state index contributed by atoms with van der Waals surface area (Å²) in [4.78, 5) is 17.3. The van der Waals surface area contributed by atoms with Crippen LogP contribution < -0.4 is 14.8 Å². The number of aromatic nitrogens is 1. The predicted octanol–water partition coefficient (Wildman–Crippen LogP) is 5.76. The number of hydrogen-bond donors (Lipinski definition) is 1. The van der Waals surface area contributed by atoms with Gasteiger partial charge < -0.3 is 19.2 Å². The number of benzene rings is 3. The predicted molar refractivity (Wildman–Crippen MR) is 126 cm³/mol. The quantitative estimate of drug-likeness (QED) is 0.347. The summed E-state index contributed by atoms with van der Waals surface area (Å²) in [5.41, 5.74) is 3.16. The van der Waals surface area contributed by atoms with E-state index in [1.165, 1.54) is 11.8 Å². The van der Waals surface area contributed by atoms with Crippen molar-refractivity contribution in [2.45, 2.75) is 5.22 Å². The minimum atomic E-state index is -0.206. The van der Waals surface area contributed by atoms with Crippen LogP contribution in [0.4, 0.5) is 5.69 Å². The molecule has 6 nitrogen and oxygen atoms in total. The maximum atomic E-state index is 12.6. The second kappa shape index (κ2) is 10.1. The molecule has 0 bridgehead atoms. The first-order valence-electron chi connectivity index (χ1n) is 9.94. The monoisotopic (exact) mass is 446 g/mol. The molecule has 1 aromatic heterocycles. The number of thioether (sulfide) groups is 1. The Morgan fingerprint density at radius 2 is 1.62 bits per heavy atom. The fourth-order valence-corrected chi connectivity index (χ4v) is 3.79. The Morgan fingerprint density at radius 1 is 0.938 bits per heavy atom. The SMILES string of the molecule is COc1ccc(OC)c(NC(=O)CSc2nc(-c3ccccc3)c(-c3ccccc3)o2)c1. The van der Waals surface area contributed by atoms with Crippen LogP contribution in [0.25, 0.3) is 22.6 Å². The zero-order chi connectivity index (χ0) is 22.3. The van der Waals surface area contributed by atoms with E-state index in [-0.39, 0.29) is 11.7 Å². The lowest BCUT2D eigenvalue weighted by Crippen LogP contribution is -2.14. The second-order valence-electron chi connectivity index (χ2n) is 6.79. The van der Waals surface area contributed by atoms with Crippen LogP contribution in [0.5, 0.6) is 11.5 Å². The molecule has 0 aliphatic rings. The number of amides is 1. The zero-order valence-electron chi connectivity index (χ0n) is 17.7. The van der Waals surface area contributed by atoms with Crippen molar-refractivity contribution in [1.82, 2.24) is 4.98 Å². The van der Waals surface area contributed by atoms with Gasteiger partial charge in [-0.25, -0.2) is 4.98 Å². The number of methoxy groups -OCH3 is 2. The number of ether oxygens (including phenoxy) is 2. The normalized spacial score (nSPS) is 10.6. The summed E-state index contributed by atoms with van der Waals surface area (Å²) < 4.78 is 16.6. The van der Waals surface area contributed by atoms with Crippen LogP contribution in [-0.4, -0.2) is 30.9 Å². The van der Waals surface area contributed by atoms with Gasteiger partial charge in [0.05, 0.1) is 25.7 Å². The molecule has 1 N–H and O–H groups in total. The third kappa shape index (κ3) is 4.95. The van der Waals surface area contributed by atoms with E-state index in [2.05, 4.69) is 10.3 Å². The molecule has 0 radical (unpaired) electrons. The number of carbonyl (C=O) groups is 1. The molecule has 1 heterocycles. The molecule has 32 heavy (non-hydrogen) atoms. The summed E-state index contributed by atoms with van der Waals surface area (Å²) >= 11 is 1.23. The number of rotatable bonds is 8. The van der Waals surface area contributed by atoms with Gasteiger partial charge in [-0.15, -0.1) is 0 Å². The number of hydrogen-bond acceptors (Lipinski definition) is 6. The number of nitrogens with zero attached hydrogens (tertiary/aromatic N) is 1. The molecule has 0 unspecified atom stereocenters. The number of nitrogens with one attached hydrogen (secondary N) is 1. The summed E-state index contributed by atoms with van der Waals surface area (Å²) in [5.74, 6) is 1.78. The third-order valence-electron chi connectivity index (χ3n) is 4.70. The molecule has 4 aromatic rings. The van der Waals surface area contributed by atoms with E-state index in [1.54, 1.807) is 32.4 Å². The lowest BCUT2D eigenvalue weighted by atomic mass is 10.1. The van der Waals surface area contributed by atoms with Gasteiger partial charge in [0.15, 0.2) is 5.76 Å². The Balaban J connectivity index is 1.53. The van der Waals surface area contributed by atoms with Crippen molar-refractivity contribution in [2.75, 3.05) is 25.3 Å². The highest BCUT2D eigenvalue weighted by Crippen LogP contribution is 2.35. The highest BCUT2D eigenvalue weighted by Gasteiger charge is 2.18. The van der Waals surface area contributed by atoms with E-state index in [9.17, 15) is 4.79 Å². The summed E-state index contributed by atoms with van der Waals surface area (Å²) in [6.07, 6.45) is 0. The van der Waals surface area contributed by atoms with Gasteiger partial charge in [-0.2, -0.15) is 0 Å². The second-order valence-corrected chi connectivity index (χ2v) is 7.72. The van der Waals surface area contributed by atoms with Gasteiger partial charge >= 0.3 is 0 Å². The van der Waals surface area contributed by atoms with Crippen LogP contribution in [0.2, 0.25) is 0 Å². The fourth-order valence-electron chi connectivity index (χ4n) is 3.16. The van der Waals surface area contributed by atoms with E-state index in [0.29, 0.717) is 28.2 Å². The first kappa shape index (κ1) is 21.5. The van der Waals surface area contributed by atoms with Crippen molar-refractivity contribution in [2.24, 2.45) is 0 Å². The topological polar surface area (TPSA) is 73.6 Å². The zero-order valence-corrected chi connectivity index (χ0v) is 18.5. The van der Waals surface area contributed by atoms with Crippen LogP contribution in [-0.2, 0) is 4.79 Å². The van der Waals surface area contributed by atoms with Gasteiger partial charge in [-0.1, -0.05) is 72.4 Å². The standard InChI is InChI=1S/C25H22N2O4S/c1-29-19-13-14-21(30-2)20(15-19)26-22(28)16-32-25-27-23(17-9-5-3-6-10-17)24(31-25)18-11-7-4-8-12-18/h3-15H,16H2,1-2H3,(H,26,28). The molecule has 0 atom stereocenters. The van der Waals surface area contributed by atoms with Gasteiger partial charge in [-0.05, 0) is 12.1 Å². The minimum Gasteiger partial charge on any atom is -0.497 e. The molecule has 0 aliphatic heterocycles. The van der Waals surface area contributed by atoms with Gasteiger partial charge in [-0.3, -0.25) is 4.79 Å². The molecule has 7 heteroatoms. The summed E-state index contributed by atoms with van der Waals surface area (Å²) in [6.45, 7) is 0. The molecule has 162 valence electrons. The Bertz CT molecular complexity index is 1140. The van der Waals surface area contributed by atoms with Crippen molar-refractivity contribution < 1.29 is 18.7 Å². The van der Waals surface area contributed by atoms with Gasteiger partial charge in [0, 0.05) is 17.2 Å². The minimum absolute atomic E-state index is 0.128. The van der Waals surface area contributed by atoms with Gasteiger partial charge in [0.1, 0.15) is 17.2 Å². The molecule has 0 saturated carbocycles. The number of oxazole rings is 1. The molecule has 0 spiro atoms. The highest BCUT2D eigenvalue weighted by molar-refractivity contribution is 7.99. The molecule has 3 aromatic carbocycles. The van der Waals surface area contributed by atoms with Crippen LogP contribution in [0.1, 0.15) is 0 Å². The first-order chi connectivity index (χ1) is 15.7. The van der Waals surface area contributed by atoms with E-state index < -0.39 is 0 Å². The van der Waals surface area contributed by atoms with Crippen molar-refractivity contribution in [3.8, 4) is 34.1 Å². The maximum Gasteiger partial charge on any atom is 0.257 e. The molecule has 1 amide bonds. The van der Waals surface area contributed by atoms with Crippen LogP contribution in [0, 0.1) is 0 Å². The van der Waals surface area contributed by atoms with Crippen molar-refractivity contribution in [3.05, 3.63) is 78.9 Å². The van der Waals surface area contributed by atoms with Crippen LogP contribution in [0.15, 0.2) is 88.5 Å². The molecule has 4 rings (SSSR count). The Morgan fingerprint density at radius 3 is 2.28 bits per heavy atom. The lowest BCUT2D eigenvalue weighted by molar-refractivity contribution is -0.113. The number of carbonyl (C=O) groups excluding carboxylic acids is 1. The van der Waals surface area contributed by atoms with Crippen LogP contribution in [0.3, 0.4) is 0 Å². The number of anilines is 1. The van der Waals surface area contributed by atoms with Crippen LogP contribution >= 0.6 is 11.8 Å². The Kier molecular flexibility index (Phi) is 6.77. The Labute approximate surface area is 190 Å². The molecule has 0 fully saturated rings. The smallest absolute Gasteiger partial charge is 0.257 e. The van der Waals surface area contributed by atoms with Gasteiger partial charge in [0.25, 0.3) is 5.22 Å². The van der Waals surface area contributed by atoms with E-state index in [1.807, 2.05) is 60.7 Å².